The van der Waals surface area contributed by atoms with Crippen LogP contribution in [0.25, 0.3) is 0 Å². The SMILES string of the molecule is C=CCN(C(=O)c1csnn1)[C@H](C(=O)NC1CCCC1)c1ccc(C)o1. The molecule has 1 fully saturated rings. The van der Waals surface area contributed by atoms with E-state index in [1.54, 1.807) is 30.5 Å². The van der Waals surface area contributed by atoms with Crippen molar-refractivity contribution in [1.82, 2.24) is 19.8 Å². The third-order valence-electron chi connectivity index (χ3n) is 4.46. The molecule has 2 amide bonds. The average Bonchev–Trinajstić information content (AvgIpc) is 3.36. The summed E-state index contributed by atoms with van der Waals surface area (Å²) >= 11 is 1.09. The summed E-state index contributed by atoms with van der Waals surface area (Å²) in [5.74, 6) is 0.486. The highest BCUT2D eigenvalue weighted by molar-refractivity contribution is 7.03. The van der Waals surface area contributed by atoms with E-state index in [0.717, 1.165) is 37.2 Å². The monoisotopic (exact) mass is 374 g/mol. The molecule has 3 rings (SSSR count). The zero-order chi connectivity index (χ0) is 18.5. The van der Waals surface area contributed by atoms with Crippen molar-refractivity contribution in [1.29, 1.82) is 0 Å². The highest BCUT2D eigenvalue weighted by Crippen LogP contribution is 2.27. The molecular formula is C18H22N4O3S. The highest BCUT2D eigenvalue weighted by Gasteiger charge is 2.35. The fraction of sp³-hybridized carbons (Fsp3) is 0.444. The van der Waals surface area contributed by atoms with Crippen LogP contribution in [0.1, 0.15) is 53.7 Å². The number of carbonyl (C=O) groups excluding carboxylic acids is 2. The molecule has 0 radical (unpaired) electrons. The van der Waals surface area contributed by atoms with Gasteiger partial charge in [-0.15, -0.1) is 11.7 Å². The number of hydrogen-bond acceptors (Lipinski definition) is 6. The third-order valence-corrected chi connectivity index (χ3v) is 4.96. The predicted molar refractivity (Wildman–Crippen MR) is 97.7 cm³/mol. The molecule has 0 bridgehead atoms. The van der Waals surface area contributed by atoms with Crippen LogP contribution in [0.4, 0.5) is 0 Å². The standard InChI is InChI=1S/C18H22N4O3S/c1-3-10-22(18(24)14-11-26-21-20-14)16(15-9-8-12(2)25-15)17(23)19-13-6-4-5-7-13/h3,8-9,11,13,16H,1,4-7,10H2,2H3,(H,19,23)/t16-/m0/s1. The van der Waals surface area contributed by atoms with Gasteiger partial charge in [0.15, 0.2) is 11.7 Å². The van der Waals surface area contributed by atoms with Gasteiger partial charge < -0.3 is 14.6 Å². The molecule has 2 aromatic heterocycles. The van der Waals surface area contributed by atoms with Crippen LogP contribution in [-0.4, -0.2) is 38.9 Å². The van der Waals surface area contributed by atoms with E-state index in [-0.39, 0.29) is 30.1 Å². The smallest absolute Gasteiger partial charge is 0.276 e. The lowest BCUT2D eigenvalue weighted by Crippen LogP contribution is -2.46. The molecule has 7 nitrogen and oxygen atoms in total. The van der Waals surface area contributed by atoms with Crippen LogP contribution in [0.15, 0.2) is 34.6 Å². The molecule has 1 N–H and O–H groups in total. The van der Waals surface area contributed by atoms with Gasteiger partial charge in [-0.25, -0.2) is 0 Å². The number of nitrogens with zero attached hydrogens (tertiary/aromatic N) is 3. The van der Waals surface area contributed by atoms with Crippen LogP contribution >= 0.6 is 11.5 Å². The summed E-state index contributed by atoms with van der Waals surface area (Å²) in [5, 5.41) is 8.48. The van der Waals surface area contributed by atoms with E-state index < -0.39 is 6.04 Å². The van der Waals surface area contributed by atoms with Crippen LogP contribution < -0.4 is 5.32 Å². The number of aryl methyl sites for hydroxylation is 1. The van der Waals surface area contributed by atoms with Crippen LogP contribution in [0, 0.1) is 6.92 Å². The van der Waals surface area contributed by atoms with Gasteiger partial charge >= 0.3 is 0 Å². The van der Waals surface area contributed by atoms with Crippen molar-refractivity contribution in [3.8, 4) is 0 Å². The summed E-state index contributed by atoms with van der Waals surface area (Å²) < 4.78 is 9.45. The average molecular weight is 374 g/mol. The Labute approximate surface area is 156 Å². The summed E-state index contributed by atoms with van der Waals surface area (Å²) in [7, 11) is 0. The zero-order valence-electron chi connectivity index (χ0n) is 14.7. The van der Waals surface area contributed by atoms with Crippen LogP contribution in [0.3, 0.4) is 0 Å². The summed E-state index contributed by atoms with van der Waals surface area (Å²) in [6.07, 6.45) is 5.72. The van der Waals surface area contributed by atoms with Crippen molar-refractivity contribution in [2.75, 3.05) is 6.54 Å². The zero-order valence-corrected chi connectivity index (χ0v) is 15.5. The Bertz CT molecular complexity index is 765. The minimum atomic E-state index is -0.878. The van der Waals surface area contributed by atoms with Gasteiger partial charge in [-0.05, 0) is 43.4 Å². The largest absolute Gasteiger partial charge is 0.464 e. The molecule has 0 saturated heterocycles. The molecule has 1 aliphatic carbocycles. The normalized spacial score (nSPS) is 15.6. The van der Waals surface area contributed by atoms with E-state index >= 15 is 0 Å². The molecular weight excluding hydrogens is 352 g/mol. The van der Waals surface area contributed by atoms with E-state index in [2.05, 4.69) is 21.5 Å². The van der Waals surface area contributed by atoms with E-state index in [0.29, 0.717) is 11.5 Å². The Morgan fingerprint density at radius 3 is 2.81 bits per heavy atom. The third kappa shape index (κ3) is 4.01. The minimum absolute atomic E-state index is 0.141. The van der Waals surface area contributed by atoms with Crippen molar-refractivity contribution in [2.45, 2.75) is 44.7 Å². The Kier molecular flexibility index (Phi) is 5.82. The number of hydrogen-bond donors (Lipinski definition) is 1. The van der Waals surface area contributed by atoms with E-state index in [1.807, 2.05) is 0 Å². The highest BCUT2D eigenvalue weighted by atomic mass is 32.1. The Hall–Kier alpha value is -2.48. The number of rotatable bonds is 7. The molecule has 2 heterocycles. The fourth-order valence-corrected chi connectivity index (χ4v) is 3.65. The van der Waals surface area contributed by atoms with Gasteiger partial charge in [0, 0.05) is 18.0 Å². The molecule has 0 unspecified atom stereocenters. The van der Waals surface area contributed by atoms with Crippen molar-refractivity contribution in [3.05, 3.63) is 47.4 Å². The molecule has 8 heteroatoms. The molecule has 26 heavy (non-hydrogen) atoms. The lowest BCUT2D eigenvalue weighted by molar-refractivity contribution is -0.127. The van der Waals surface area contributed by atoms with Crippen molar-refractivity contribution in [2.24, 2.45) is 0 Å². The fourth-order valence-electron chi connectivity index (χ4n) is 3.22. The number of carbonyl (C=O) groups is 2. The summed E-state index contributed by atoms with van der Waals surface area (Å²) in [6, 6.07) is 2.78. The quantitative estimate of drug-likeness (QED) is 0.753. The Balaban J connectivity index is 1.92. The maximum atomic E-state index is 13.1. The molecule has 1 aliphatic rings. The molecule has 0 aromatic carbocycles. The van der Waals surface area contributed by atoms with Crippen LogP contribution in [0.2, 0.25) is 0 Å². The maximum Gasteiger partial charge on any atom is 0.276 e. The van der Waals surface area contributed by atoms with Crippen molar-refractivity contribution < 1.29 is 14.0 Å². The van der Waals surface area contributed by atoms with E-state index in [9.17, 15) is 9.59 Å². The first-order chi connectivity index (χ1) is 12.6. The van der Waals surface area contributed by atoms with Gasteiger partial charge in [0.25, 0.3) is 11.8 Å². The van der Waals surface area contributed by atoms with Crippen LogP contribution in [-0.2, 0) is 4.79 Å². The summed E-state index contributed by atoms with van der Waals surface area (Å²) in [4.78, 5) is 27.4. The number of nitrogens with one attached hydrogen (secondary N) is 1. The molecule has 0 aliphatic heterocycles. The van der Waals surface area contributed by atoms with Gasteiger partial charge in [0.05, 0.1) is 0 Å². The number of furan rings is 1. The second kappa shape index (κ2) is 8.27. The van der Waals surface area contributed by atoms with Gasteiger partial charge in [-0.2, -0.15) is 0 Å². The maximum absolute atomic E-state index is 13.1. The van der Waals surface area contributed by atoms with Gasteiger partial charge in [-0.1, -0.05) is 23.4 Å². The molecule has 0 spiro atoms. The second-order valence-corrected chi connectivity index (χ2v) is 6.99. The minimum Gasteiger partial charge on any atom is -0.464 e. The first kappa shape index (κ1) is 18.3. The predicted octanol–water partition coefficient (Wildman–Crippen LogP) is 2.87. The van der Waals surface area contributed by atoms with Gasteiger partial charge in [0.1, 0.15) is 11.5 Å². The first-order valence-corrected chi connectivity index (χ1v) is 9.49. The Morgan fingerprint density at radius 2 is 2.23 bits per heavy atom. The molecule has 2 aromatic rings. The van der Waals surface area contributed by atoms with Crippen molar-refractivity contribution in [3.63, 3.8) is 0 Å². The number of amides is 2. The van der Waals surface area contributed by atoms with Gasteiger partial charge in [0.2, 0.25) is 0 Å². The second-order valence-electron chi connectivity index (χ2n) is 6.38. The lowest BCUT2D eigenvalue weighted by atomic mass is 10.1. The van der Waals surface area contributed by atoms with E-state index in [4.69, 9.17) is 4.42 Å². The summed E-state index contributed by atoms with van der Waals surface area (Å²) in [6.45, 7) is 5.72. The lowest BCUT2D eigenvalue weighted by Gasteiger charge is -2.29. The van der Waals surface area contributed by atoms with Gasteiger partial charge in [-0.3, -0.25) is 9.59 Å². The number of aromatic nitrogens is 2. The molecule has 1 atom stereocenters. The topological polar surface area (TPSA) is 88.3 Å². The Morgan fingerprint density at radius 1 is 1.46 bits per heavy atom. The van der Waals surface area contributed by atoms with Crippen molar-refractivity contribution >= 4 is 23.3 Å². The summed E-state index contributed by atoms with van der Waals surface area (Å²) in [5.41, 5.74) is 0.207. The van der Waals surface area contributed by atoms with Crippen LogP contribution in [0.5, 0.6) is 0 Å². The first-order valence-electron chi connectivity index (χ1n) is 8.65. The molecule has 1 saturated carbocycles. The molecule has 138 valence electrons. The van der Waals surface area contributed by atoms with E-state index in [1.165, 1.54) is 4.90 Å².